The number of aryl methyl sites for hydroxylation is 1. The summed E-state index contributed by atoms with van der Waals surface area (Å²) in [5.41, 5.74) is 3.68. The number of benzene rings is 1. The van der Waals surface area contributed by atoms with Crippen molar-refractivity contribution in [2.45, 2.75) is 20.0 Å². The van der Waals surface area contributed by atoms with Gasteiger partial charge in [0.15, 0.2) is 0 Å². The van der Waals surface area contributed by atoms with Gasteiger partial charge in [-0.3, -0.25) is 9.69 Å². The van der Waals surface area contributed by atoms with E-state index in [-0.39, 0.29) is 5.56 Å². The Kier molecular flexibility index (Phi) is 4.46. The van der Waals surface area contributed by atoms with E-state index in [9.17, 15) is 4.79 Å². The Labute approximate surface area is 139 Å². The molecule has 0 radical (unpaired) electrons. The fourth-order valence-electron chi connectivity index (χ4n) is 2.66. The van der Waals surface area contributed by atoms with Crippen LogP contribution in [0.1, 0.15) is 16.7 Å². The second-order valence-electron chi connectivity index (χ2n) is 5.84. The van der Waals surface area contributed by atoms with Crippen molar-refractivity contribution in [3.63, 3.8) is 0 Å². The Bertz CT molecular complexity index is 904. The van der Waals surface area contributed by atoms with Crippen LogP contribution in [0.2, 0.25) is 5.15 Å². The van der Waals surface area contributed by atoms with Gasteiger partial charge < -0.3 is 4.98 Å². The molecule has 0 saturated heterocycles. The van der Waals surface area contributed by atoms with Gasteiger partial charge in [0, 0.05) is 35.9 Å². The molecule has 23 heavy (non-hydrogen) atoms. The number of aromatic nitrogens is 2. The van der Waals surface area contributed by atoms with Crippen molar-refractivity contribution in [3.8, 4) is 0 Å². The van der Waals surface area contributed by atoms with Crippen molar-refractivity contribution >= 4 is 22.5 Å². The summed E-state index contributed by atoms with van der Waals surface area (Å²) in [6.07, 6.45) is 1.67. The van der Waals surface area contributed by atoms with E-state index < -0.39 is 0 Å². The minimum Gasteiger partial charge on any atom is -0.322 e. The summed E-state index contributed by atoms with van der Waals surface area (Å²) in [6.45, 7) is 3.23. The lowest BCUT2D eigenvalue weighted by molar-refractivity contribution is 0.317. The lowest BCUT2D eigenvalue weighted by atomic mass is 10.1. The highest BCUT2D eigenvalue weighted by Gasteiger charge is 2.09. The molecule has 2 heterocycles. The number of rotatable bonds is 4. The summed E-state index contributed by atoms with van der Waals surface area (Å²) >= 11 is 6.09. The van der Waals surface area contributed by atoms with Gasteiger partial charge in [-0.25, -0.2) is 4.98 Å². The Balaban J connectivity index is 1.84. The molecule has 0 aliphatic rings. The third kappa shape index (κ3) is 3.60. The first-order valence-corrected chi connectivity index (χ1v) is 7.81. The van der Waals surface area contributed by atoms with E-state index in [0.29, 0.717) is 18.2 Å². The van der Waals surface area contributed by atoms with Gasteiger partial charge in [-0.2, -0.15) is 0 Å². The molecule has 0 aliphatic carbocycles. The molecule has 0 atom stereocenters. The Morgan fingerprint density at radius 3 is 2.74 bits per heavy atom. The molecular formula is C18H18ClN3O. The lowest BCUT2D eigenvalue weighted by Crippen LogP contribution is -2.23. The van der Waals surface area contributed by atoms with Gasteiger partial charge in [0.2, 0.25) is 0 Å². The highest BCUT2D eigenvalue weighted by molar-refractivity contribution is 6.30. The Morgan fingerprint density at radius 1 is 1.17 bits per heavy atom. The predicted molar refractivity (Wildman–Crippen MR) is 93.7 cm³/mol. The second kappa shape index (κ2) is 6.52. The zero-order valence-electron chi connectivity index (χ0n) is 13.1. The van der Waals surface area contributed by atoms with Crippen molar-refractivity contribution < 1.29 is 0 Å². The molecule has 1 aromatic carbocycles. The highest BCUT2D eigenvalue weighted by atomic mass is 35.5. The molecule has 0 fully saturated rings. The number of nitrogens with one attached hydrogen (secondary N) is 1. The van der Waals surface area contributed by atoms with Crippen LogP contribution in [-0.4, -0.2) is 21.9 Å². The first-order chi connectivity index (χ1) is 11.0. The molecule has 0 saturated carbocycles. The summed E-state index contributed by atoms with van der Waals surface area (Å²) in [5.74, 6) is 0. The molecule has 3 aromatic rings. The van der Waals surface area contributed by atoms with Gasteiger partial charge in [0.1, 0.15) is 5.15 Å². The Hall–Kier alpha value is -2.17. The van der Waals surface area contributed by atoms with E-state index >= 15 is 0 Å². The predicted octanol–water partition coefficient (Wildman–Crippen LogP) is 3.52. The van der Waals surface area contributed by atoms with Crippen molar-refractivity contribution in [1.82, 2.24) is 14.9 Å². The van der Waals surface area contributed by atoms with Crippen LogP contribution < -0.4 is 5.56 Å². The van der Waals surface area contributed by atoms with Crippen molar-refractivity contribution in [3.05, 3.63) is 74.8 Å². The number of pyridine rings is 2. The molecule has 118 valence electrons. The molecule has 4 nitrogen and oxygen atoms in total. The van der Waals surface area contributed by atoms with E-state index in [1.54, 1.807) is 6.20 Å². The molecule has 5 heteroatoms. The number of aromatic amines is 1. The summed E-state index contributed by atoms with van der Waals surface area (Å²) in [5, 5.41) is 1.55. The molecule has 2 aromatic heterocycles. The molecule has 3 rings (SSSR count). The van der Waals surface area contributed by atoms with Crippen LogP contribution in [0.25, 0.3) is 10.9 Å². The number of halogens is 1. The van der Waals surface area contributed by atoms with Crippen LogP contribution in [0.15, 0.2) is 47.4 Å². The quantitative estimate of drug-likeness (QED) is 0.746. The van der Waals surface area contributed by atoms with Gasteiger partial charge in [-0.1, -0.05) is 29.3 Å². The molecule has 0 amide bonds. The fraction of sp³-hybridized carbons (Fsp3) is 0.222. The number of H-pyrrole nitrogens is 1. The summed E-state index contributed by atoms with van der Waals surface area (Å²) in [4.78, 5) is 21.3. The molecule has 1 N–H and O–H groups in total. The maximum Gasteiger partial charge on any atom is 0.252 e. The molecular weight excluding hydrogens is 310 g/mol. The van der Waals surface area contributed by atoms with Crippen LogP contribution in [0, 0.1) is 6.92 Å². The highest BCUT2D eigenvalue weighted by Crippen LogP contribution is 2.16. The molecule has 0 spiro atoms. The van der Waals surface area contributed by atoms with Gasteiger partial charge >= 0.3 is 0 Å². The number of nitrogens with zero attached hydrogens (tertiary/aromatic N) is 2. The summed E-state index contributed by atoms with van der Waals surface area (Å²) < 4.78 is 0. The zero-order chi connectivity index (χ0) is 16.4. The topological polar surface area (TPSA) is 49.0 Å². The van der Waals surface area contributed by atoms with Crippen molar-refractivity contribution in [1.29, 1.82) is 0 Å². The normalized spacial score (nSPS) is 11.3. The lowest BCUT2D eigenvalue weighted by Gasteiger charge is -2.17. The van der Waals surface area contributed by atoms with E-state index in [4.69, 9.17) is 11.6 Å². The van der Waals surface area contributed by atoms with Gasteiger partial charge in [0.05, 0.1) is 0 Å². The van der Waals surface area contributed by atoms with Gasteiger partial charge in [-0.05, 0) is 43.6 Å². The van der Waals surface area contributed by atoms with E-state index in [1.165, 1.54) is 5.56 Å². The maximum atomic E-state index is 12.3. The zero-order valence-corrected chi connectivity index (χ0v) is 13.9. The number of fused-ring (bicyclic) bond motifs is 1. The van der Waals surface area contributed by atoms with Crippen LogP contribution >= 0.6 is 11.6 Å². The molecule has 0 unspecified atom stereocenters. The summed E-state index contributed by atoms with van der Waals surface area (Å²) in [7, 11) is 1.96. The first kappa shape index (κ1) is 15.7. The van der Waals surface area contributed by atoms with Crippen LogP contribution in [0.5, 0.6) is 0 Å². The first-order valence-electron chi connectivity index (χ1n) is 7.43. The minimum atomic E-state index is -0.0505. The SMILES string of the molecule is Cc1ccc2[nH]c(=O)c(CN(C)Cc3cccnc3Cl)cc2c1. The van der Waals surface area contributed by atoms with Gasteiger partial charge in [0.25, 0.3) is 5.56 Å². The average molecular weight is 328 g/mol. The van der Waals surface area contributed by atoms with Crippen molar-refractivity contribution in [2.24, 2.45) is 0 Å². The van der Waals surface area contributed by atoms with E-state index in [1.807, 2.05) is 44.3 Å². The third-order valence-electron chi connectivity index (χ3n) is 3.79. The maximum absolute atomic E-state index is 12.3. The Morgan fingerprint density at radius 2 is 1.96 bits per heavy atom. The minimum absolute atomic E-state index is 0.0505. The summed E-state index contributed by atoms with van der Waals surface area (Å²) in [6, 6.07) is 11.8. The largest absolute Gasteiger partial charge is 0.322 e. The monoisotopic (exact) mass is 327 g/mol. The second-order valence-corrected chi connectivity index (χ2v) is 6.20. The fourth-order valence-corrected chi connectivity index (χ4v) is 2.84. The number of hydrogen-bond acceptors (Lipinski definition) is 3. The molecule has 0 bridgehead atoms. The van der Waals surface area contributed by atoms with E-state index in [0.717, 1.165) is 22.0 Å². The molecule has 0 aliphatic heterocycles. The van der Waals surface area contributed by atoms with Crippen molar-refractivity contribution in [2.75, 3.05) is 7.05 Å². The van der Waals surface area contributed by atoms with Crippen LogP contribution in [0.4, 0.5) is 0 Å². The third-order valence-corrected chi connectivity index (χ3v) is 4.13. The number of hydrogen-bond donors (Lipinski definition) is 1. The van der Waals surface area contributed by atoms with Crippen LogP contribution in [-0.2, 0) is 13.1 Å². The standard InChI is InChI=1S/C18H18ClN3O/c1-12-5-6-16-14(8-12)9-15(18(23)21-16)11-22(2)10-13-4-3-7-20-17(13)19/h3-9H,10-11H2,1-2H3,(H,21,23). The average Bonchev–Trinajstić information content (AvgIpc) is 2.51. The van der Waals surface area contributed by atoms with Crippen LogP contribution in [0.3, 0.4) is 0 Å². The van der Waals surface area contributed by atoms with E-state index in [2.05, 4.69) is 20.9 Å². The smallest absolute Gasteiger partial charge is 0.252 e. The van der Waals surface area contributed by atoms with Gasteiger partial charge in [-0.15, -0.1) is 0 Å².